The minimum Gasteiger partial charge on any atom is -0.360 e. The van der Waals surface area contributed by atoms with E-state index in [1.165, 1.54) is 43.4 Å². The van der Waals surface area contributed by atoms with E-state index in [1.54, 1.807) is 0 Å². The zero-order valence-electron chi connectivity index (χ0n) is 13.9. The van der Waals surface area contributed by atoms with Gasteiger partial charge in [0.15, 0.2) is 5.11 Å². The number of nitrogens with one attached hydrogen (secondary N) is 1. The van der Waals surface area contributed by atoms with E-state index in [0.29, 0.717) is 6.04 Å². The Balaban J connectivity index is 1.60. The molecule has 126 valence electrons. The molecule has 1 atom stereocenters. The Morgan fingerprint density at radius 1 is 1.08 bits per heavy atom. The van der Waals surface area contributed by atoms with Crippen molar-refractivity contribution >= 4 is 17.3 Å². The summed E-state index contributed by atoms with van der Waals surface area (Å²) in [6.07, 6.45) is 12.4. The van der Waals surface area contributed by atoms with Gasteiger partial charge in [0.1, 0.15) is 0 Å². The van der Waals surface area contributed by atoms with Crippen molar-refractivity contribution in [1.82, 2.24) is 19.8 Å². The van der Waals surface area contributed by atoms with Crippen molar-refractivity contribution in [3.05, 3.63) is 54.1 Å². The number of fused-ring (bicyclic) bond motifs is 1. The Hall–Kier alpha value is -1.88. The summed E-state index contributed by atoms with van der Waals surface area (Å²) in [6, 6.07) is 9.25. The highest BCUT2D eigenvalue weighted by Crippen LogP contribution is 2.32. The Bertz CT molecular complexity index is 690. The van der Waals surface area contributed by atoms with E-state index in [4.69, 9.17) is 12.2 Å². The van der Waals surface area contributed by atoms with Crippen LogP contribution >= 0.6 is 12.2 Å². The molecule has 0 unspecified atom stereocenters. The maximum Gasteiger partial charge on any atom is 0.170 e. The van der Waals surface area contributed by atoms with Crippen LogP contribution in [0.4, 0.5) is 0 Å². The molecule has 1 saturated carbocycles. The smallest absolute Gasteiger partial charge is 0.170 e. The van der Waals surface area contributed by atoms with Gasteiger partial charge in [-0.3, -0.25) is 4.98 Å². The van der Waals surface area contributed by atoms with Crippen molar-refractivity contribution in [2.45, 2.75) is 50.7 Å². The summed E-state index contributed by atoms with van der Waals surface area (Å²) in [5, 5.41) is 4.54. The van der Waals surface area contributed by atoms with Crippen molar-refractivity contribution in [3.8, 4) is 0 Å². The van der Waals surface area contributed by atoms with Gasteiger partial charge in [0.25, 0.3) is 0 Å². The Kier molecular flexibility index (Phi) is 4.52. The first-order valence-corrected chi connectivity index (χ1v) is 9.36. The highest BCUT2D eigenvalue weighted by atomic mass is 32.1. The maximum absolute atomic E-state index is 5.82. The molecule has 2 aromatic heterocycles. The van der Waals surface area contributed by atoms with Crippen molar-refractivity contribution in [1.29, 1.82) is 0 Å². The molecule has 5 heteroatoms. The Morgan fingerprint density at radius 2 is 1.88 bits per heavy atom. The molecule has 0 amide bonds. The molecule has 0 saturated heterocycles. The van der Waals surface area contributed by atoms with Crippen molar-refractivity contribution < 1.29 is 0 Å². The van der Waals surface area contributed by atoms with E-state index in [9.17, 15) is 0 Å². The standard InChI is InChI=1S/C19H24N4S/c24-19(21-16-5-2-1-3-6-16)23-14-13-22-12-4-7-17(22)18(23)15-8-10-20-11-9-15/h4,7-12,16,18H,1-3,5-6,13-14H2,(H,21,24)/t18-/m0/s1. The van der Waals surface area contributed by atoms with E-state index in [-0.39, 0.29) is 6.04 Å². The maximum atomic E-state index is 5.82. The molecular weight excluding hydrogens is 316 g/mol. The number of hydrogen-bond acceptors (Lipinski definition) is 2. The normalized spacial score (nSPS) is 21.3. The predicted octanol–water partition coefficient (Wildman–Crippen LogP) is 3.50. The molecule has 0 spiro atoms. The van der Waals surface area contributed by atoms with Crippen molar-refractivity contribution in [2.75, 3.05) is 6.54 Å². The van der Waals surface area contributed by atoms with Gasteiger partial charge >= 0.3 is 0 Å². The first-order valence-electron chi connectivity index (χ1n) is 8.95. The quantitative estimate of drug-likeness (QED) is 0.849. The summed E-state index contributed by atoms with van der Waals surface area (Å²) in [6.45, 7) is 1.92. The van der Waals surface area contributed by atoms with Gasteiger partial charge in [0.05, 0.1) is 6.04 Å². The van der Waals surface area contributed by atoms with Gasteiger partial charge in [0, 0.05) is 43.4 Å². The largest absolute Gasteiger partial charge is 0.360 e. The number of nitrogens with zero attached hydrogens (tertiary/aromatic N) is 3. The van der Waals surface area contributed by atoms with E-state index in [0.717, 1.165) is 18.2 Å². The van der Waals surface area contributed by atoms with Crippen LogP contribution in [-0.2, 0) is 6.54 Å². The number of aromatic nitrogens is 2. The highest BCUT2D eigenvalue weighted by Gasteiger charge is 2.31. The van der Waals surface area contributed by atoms with Crippen LogP contribution in [0.25, 0.3) is 0 Å². The first-order chi connectivity index (χ1) is 11.8. The molecule has 4 nitrogen and oxygen atoms in total. The lowest BCUT2D eigenvalue weighted by atomic mass is 9.95. The number of hydrogen-bond donors (Lipinski definition) is 1. The second-order valence-electron chi connectivity index (χ2n) is 6.79. The van der Waals surface area contributed by atoms with E-state index < -0.39 is 0 Å². The van der Waals surface area contributed by atoms with Crippen LogP contribution in [0.2, 0.25) is 0 Å². The molecule has 0 bridgehead atoms. The fraction of sp³-hybridized carbons (Fsp3) is 0.474. The van der Waals surface area contributed by atoms with Crippen LogP contribution < -0.4 is 5.32 Å². The molecule has 2 aromatic rings. The average molecular weight is 340 g/mol. The Labute approximate surface area is 148 Å². The SMILES string of the molecule is S=C(NC1CCCCC1)N1CCn2cccc2[C@@H]1c1ccncc1. The molecule has 1 aliphatic carbocycles. The minimum atomic E-state index is 0.167. The van der Waals surface area contributed by atoms with E-state index >= 15 is 0 Å². The van der Waals surface area contributed by atoms with Crippen LogP contribution in [0.5, 0.6) is 0 Å². The minimum absolute atomic E-state index is 0.167. The van der Waals surface area contributed by atoms with Gasteiger partial charge in [-0.05, 0) is 54.9 Å². The summed E-state index contributed by atoms with van der Waals surface area (Å²) in [5.41, 5.74) is 2.55. The van der Waals surface area contributed by atoms with Crippen LogP contribution in [0.15, 0.2) is 42.9 Å². The summed E-state index contributed by atoms with van der Waals surface area (Å²) in [7, 11) is 0. The molecule has 4 rings (SSSR count). The van der Waals surface area contributed by atoms with Gasteiger partial charge in [-0.2, -0.15) is 0 Å². The fourth-order valence-corrected chi connectivity index (χ4v) is 4.37. The zero-order chi connectivity index (χ0) is 16.4. The van der Waals surface area contributed by atoms with Gasteiger partial charge in [-0.25, -0.2) is 0 Å². The second kappa shape index (κ2) is 6.93. The molecule has 1 aliphatic heterocycles. The third-order valence-corrected chi connectivity index (χ3v) is 5.61. The number of thiocarbonyl (C=S) groups is 1. The molecule has 1 fully saturated rings. The van der Waals surface area contributed by atoms with Crippen LogP contribution in [0, 0.1) is 0 Å². The lowest BCUT2D eigenvalue weighted by Gasteiger charge is -2.40. The molecule has 3 heterocycles. The molecular formula is C19H24N4S. The monoisotopic (exact) mass is 340 g/mol. The van der Waals surface area contributed by atoms with Crippen LogP contribution in [-0.4, -0.2) is 32.2 Å². The van der Waals surface area contributed by atoms with Gasteiger partial charge < -0.3 is 14.8 Å². The number of pyridine rings is 1. The average Bonchev–Trinajstić information content (AvgIpc) is 3.11. The summed E-state index contributed by atoms with van der Waals surface area (Å²) >= 11 is 5.82. The Morgan fingerprint density at radius 3 is 2.67 bits per heavy atom. The number of rotatable bonds is 2. The van der Waals surface area contributed by atoms with E-state index in [2.05, 4.69) is 50.2 Å². The third kappa shape index (κ3) is 3.05. The summed E-state index contributed by atoms with van der Waals surface area (Å²) < 4.78 is 2.34. The first kappa shape index (κ1) is 15.6. The summed E-state index contributed by atoms with van der Waals surface area (Å²) in [4.78, 5) is 6.53. The lowest BCUT2D eigenvalue weighted by Crippen LogP contribution is -2.50. The van der Waals surface area contributed by atoms with Gasteiger partial charge in [-0.15, -0.1) is 0 Å². The van der Waals surface area contributed by atoms with Crippen molar-refractivity contribution in [3.63, 3.8) is 0 Å². The zero-order valence-corrected chi connectivity index (χ0v) is 14.7. The van der Waals surface area contributed by atoms with Gasteiger partial charge in [-0.1, -0.05) is 19.3 Å². The van der Waals surface area contributed by atoms with E-state index in [1.807, 2.05) is 12.4 Å². The molecule has 0 radical (unpaired) electrons. The van der Waals surface area contributed by atoms with Gasteiger partial charge in [0.2, 0.25) is 0 Å². The van der Waals surface area contributed by atoms with Crippen LogP contribution in [0.1, 0.15) is 49.4 Å². The highest BCUT2D eigenvalue weighted by molar-refractivity contribution is 7.80. The van der Waals surface area contributed by atoms with Crippen molar-refractivity contribution in [2.24, 2.45) is 0 Å². The fourth-order valence-electron chi connectivity index (χ4n) is 4.00. The second-order valence-corrected chi connectivity index (χ2v) is 7.17. The molecule has 24 heavy (non-hydrogen) atoms. The topological polar surface area (TPSA) is 33.1 Å². The third-order valence-electron chi connectivity index (χ3n) is 5.25. The molecule has 2 aliphatic rings. The summed E-state index contributed by atoms with van der Waals surface area (Å²) in [5.74, 6) is 0. The lowest BCUT2D eigenvalue weighted by molar-refractivity contribution is 0.278. The molecule has 1 N–H and O–H groups in total. The van der Waals surface area contributed by atoms with Crippen LogP contribution in [0.3, 0.4) is 0 Å². The predicted molar refractivity (Wildman–Crippen MR) is 99.8 cm³/mol. The molecule has 0 aromatic carbocycles.